The van der Waals surface area contributed by atoms with Gasteiger partial charge in [-0.25, -0.2) is 13.1 Å². The van der Waals surface area contributed by atoms with Crippen molar-refractivity contribution in [3.63, 3.8) is 0 Å². The van der Waals surface area contributed by atoms with E-state index in [-0.39, 0.29) is 23.9 Å². The largest absolute Gasteiger partial charge is 0.337 e. The number of nitrogens with one attached hydrogen (secondary N) is 1. The first-order valence-electron chi connectivity index (χ1n) is 7.61. The molecule has 1 saturated heterocycles. The van der Waals surface area contributed by atoms with Crippen LogP contribution in [0.4, 0.5) is 0 Å². The second-order valence-corrected chi connectivity index (χ2v) is 8.00. The molecule has 1 saturated carbocycles. The lowest BCUT2D eigenvalue weighted by molar-refractivity contribution is -0.133. The molecule has 1 unspecified atom stereocenters. The molecular weight excluding hydrogens is 302 g/mol. The minimum Gasteiger partial charge on any atom is -0.337 e. The maximum absolute atomic E-state index is 12.5. The summed E-state index contributed by atoms with van der Waals surface area (Å²) < 4.78 is 25.9. The molecule has 3 rings (SSSR count). The number of pyridine rings is 1. The lowest BCUT2D eigenvalue weighted by Crippen LogP contribution is -2.48. The molecular formula is C15H21N3O3S. The predicted octanol–water partition coefficient (Wildman–Crippen LogP) is 0.553. The predicted molar refractivity (Wildman–Crippen MR) is 82.6 cm³/mol. The molecule has 1 aromatic rings. The van der Waals surface area contributed by atoms with Crippen LogP contribution in [0.15, 0.2) is 24.5 Å². The summed E-state index contributed by atoms with van der Waals surface area (Å²) in [5, 5.41) is 0. The Morgan fingerprint density at radius 2 is 2.00 bits per heavy atom. The van der Waals surface area contributed by atoms with Crippen molar-refractivity contribution in [2.45, 2.75) is 37.8 Å². The lowest BCUT2D eigenvalue weighted by atomic mass is 10.0. The molecule has 0 aromatic carbocycles. The maximum atomic E-state index is 12.5. The Hall–Kier alpha value is -1.47. The minimum absolute atomic E-state index is 0.120. The van der Waals surface area contributed by atoms with Gasteiger partial charge < -0.3 is 4.90 Å². The Labute approximate surface area is 131 Å². The number of aromatic nitrogens is 1. The molecule has 1 aliphatic heterocycles. The molecule has 0 radical (unpaired) electrons. The van der Waals surface area contributed by atoms with Crippen molar-refractivity contribution in [2.24, 2.45) is 5.92 Å². The fraction of sp³-hybridized carbons (Fsp3) is 0.600. The average molecular weight is 323 g/mol. The van der Waals surface area contributed by atoms with Crippen LogP contribution in [0.1, 0.15) is 24.8 Å². The average Bonchev–Trinajstić information content (AvgIpc) is 3.24. The number of sulfonamides is 1. The third-order valence-electron chi connectivity index (χ3n) is 4.32. The molecule has 0 bridgehead atoms. The number of hydrogen-bond donors (Lipinski definition) is 1. The number of carbonyl (C=O) groups excluding carboxylic acids is 1. The first-order valence-corrected chi connectivity index (χ1v) is 9.50. The Morgan fingerprint density at radius 1 is 1.32 bits per heavy atom. The summed E-state index contributed by atoms with van der Waals surface area (Å²) in [6.45, 7) is 0.623. The summed E-state index contributed by atoms with van der Waals surface area (Å²) in [5.41, 5.74) is 1.07. The highest BCUT2D eigenvalue weighted by Gasteiger charge is 2.43. The van der Waals surface area contributed by atoms with Gasteiger partial charge in [-0.1, -0.05) is 0 Å². The van der Waals surface area contributed by atoms with Crippen LogP contribution in [-0.4, -0.2) is 49.1 Å². The zero-order valence-electron chi connectivity index (χ0n) is 12.6. The van der Waals surface area contributed by atoms with E-state index in [1.54, 1.807) is 12.4 Å². The van der Waals surface area contributed by atoms with Crippen LogP contribution < -0.4 is 4.72 Å². The summed E-state index contributed by atoms with van der Waals surface area (Å²) in [6, 6.07) is 3.49. The van der Waals surface area contributed by atoms with E-state index in [1.807, 2.05) is 17.0 Å². The SMILES string of the molecule is CS(=O)(=O)N[C@@H]1CCN(C(=O)C2CC2)C1Cc1ccncc1. The van der Waals surface area contributed by atoms with Crippen molar-refractivity contribution < 1.29 is 13.2 Å². The van der Waals surface area contributed by atoms with E-state index in [9.17, 15) is 13.2 Å². The molecule has 1 N–H and O–H groups in total. The Balaban J connectivity index is 1.80. The second kappa shape index (κ2) is 5.96. The van der Waals surface area contributed by atoms with Gasteiger partial charge in [-0.3, -0.25) is 9.78 Å². The quantitative estimate of drug-likeness (QED) is 0.858. The zero-order chi connectivity index (χ0) is 15.7. The molecule has 7 heteroatoms. The van der Waals surface area contributed by atoms with E-state index in [2.05, 4.69) is 9.71 Å². The minimum atomic E-state index is -3.29. The van der Waals surface area contributed by atoms with E-state index >= 15 is 0 Å². The number of nitrogens with zero attached hydrogens (tertiary/aromatic N) is 2. The monoisotopic (exact) mass is 323 g/mol. The van der Waals surface area contributed by atoms with Gasteiger partial charge >= 0.3 is 0 Å². The molecule has 2 atom stereocenters. The fourth-order valence-corrected chi connectivity index (χ4v) is 3.94. The molecule has 2 fully saturated rings. The highest BCUT2D eigenvalue weighted by atomic mass is 32.2. The van der Waals surface area contributed by atoms with Crippen LogP contribution in [0, 0.1) is 5.92 Å². The lowest BCUT2D eigenvalue weighted by Gasteiger charge is -2.28. The van der Waals surface area contributed by atoms with E-state index in [0.717, 1.165) is 18.4 Å². The number of amides is 1. The highest BCUT2D eigenvalue weighted by molar-refractivity contribution is 7.88. The smallest absolute Gasteiger partial charge is 0.225 e. The molecule has 1 amide bonds. The number of rotatable bonds is 5. The topological polar surface area (TPSA) is 79.4 Å². The fourth-order valence-electron chi connectivity index (χ4n) is 3.12. The third kappa shape index (κ3) is 3.64. The van der Waals surface area contributed by atoms with E-state index < -0.39 is 10.0 Å². The van der Waals surface area contributed by atoms with Crippen molar-refractivity contribution in [3.8, 4) is 0 Å². The molecule has 2 aliphatic rings. The van der Waals surface area contributed by atoms with E-state index in [1.165, 1.54) is 6.26 Å². The van der Waals surface area contributed by atoms with Crippen LogP contribution >= 0.6 is 0 Å². The first kappa shape index (κ1) is 15.4. The van der Waals surface area contributed by atoms with Gasteiger partial charge in [0.2, 0.25) is 15.9 Å². The molecule has 1 aliphatic carbocycles. The Bertz CT molecular complexity index is 643. The summed E-state index contributed by atoms with van der Waals surface area (Å²) in [7, 11) is -3.29. The Morgan fingerprint density at radius 3 is 2.59 bits per heavy atom. The number of likely N-dealkylation sites (tertiary alicyclic amines) is 1. The van der Waals surface area contributed by atoms with Gasteiger partial charge in [0.05, 0.1) is 12.3 Å². The van der Waals surface area contributed by atoms with Gasteiger partial charge in [-0.2, -0.15) is 0 Å². The first-order chi connectivity index (χ1) is 10.4. The third-order valence-corrected chi connectivity index (χ3v) is 5.05. The molecule has 0 spiro atoms. The number of hydrogen-bond acceptors (Lipinski definition) is 4. The van der Waals surface area contributed by atoms with Crippen molar-refractivity contribution in [3.05, 3.63) is 30.1 Å². The standard InChI is InChI=1S/C15H21N3O3S/c1-22(20,21)17-13-6-9-18(15(19)12-2-3-12)14(13)10-11-4-7-16-8-5-11/h4-5,7-8,12-14,17H,2-3,6,9-10H2,1H3/t13-,14?/m1/s1. The summed E-state index contributed by atoms with van der Waals surface area (Å²) >= 11 is 0. The van der Waals surface area contributed by atoms with Crippen LogP contribution in [0.25, 0.3) is 0 Å². The van der Waals surface area contributed by atoms with Crippen molar-refractivity contribution in [1.29, 1.82) is 0 Å². The maximum Gasteiger partial charge on any atom is 0.225 e. The van der Waals surface area contributed by atoms with Crippen molar-refractivity contribution in [1.82, 2.24) is 14.6 Å². The van der Waals surface area contributed by atoms with Crippen molar-refractivity contribution in [2.75, 3.05) is 12.8 Å². The molecule has 22 heavy (non-hydrogen) atoms. The molecule has 2 heterocycles. The summed E-state index contributed by atoms with van der Waals surface area (Å²) in [5.74, 6) is 0.328. The Kier molecular flexibility index (Phi) is 4.18. The summed E-state index contributed by atoms with van der Waals surface area (Å²) in [6.07, 6.45) is 7.84. The molecule has 6 nitrogen and oxygen atoms in total. The summed E-state index contributed by atoms with van der Waals surface area (Å²) in [4.78, 5) is 18.3. The van der Waals surface area contributed by atoms with Crippen LogP contribution in [0.2, 0.25) is 0 Å². The van der Waals surface area contributed by atoms with Crippen LogP contribution in [-0.2, 0) is 21.2 Å². The normalized spacial score (nSPS) is 25.4. The van der Waals surface area contributed by atoms with Gasteiger partial charge in [0.15, 0.2) is 0 Å². The van der Waals surface area contributed by atoms with Gasteiger partial charge in [0.25, 0.3) is 0 Å². The van der Waals surface area contributed by atoms with Gasteiger partial charge in [-0.05, 0) is 43.4 Å². The molecule has 120 valence electrons. The van der Waals surface area contributed by atoms with Crippen LogP contribution in [0.5, 0.6) is 0 Å². The highest BCUT2D eigenvalue weighted by Crippen LogP contribution is 2.34. The van der Waals surface area contributed by atoms with E-state index in [0.29, 0.717) is 19.4 Å². The number of carbonyl (C=O) groups is 1. The van der Waals surface area contributed by atoms with E-state index in [4.69, 9.17) is 0 Å². The zero-order valence-corrected chi connectivity index (χ0v) is 13.4. The van der Waals surface area contributed by atoms with Gasteiger partial charge in [-0.15, -0.1) is 0 Å². The molecule has 1 aromatic heterocycles. The van der Waals surface area contributed by atoms with Gasteiger partial charge in [0, 0.05) is 30.9 Å². The second-order valence-electron chi connectivity index (χ2n) is 6.22. The van der Waals surface area contributed by atoms with Crippen LogP contribution in [0.3, 0.4) is 0 Å². The van der Waals surface area contributed by atoms with Crippen molar-refractivity contribution >= 4 is 15.9 Å². The van der Waals surface area contributed by atoms with Gasteiger partial charge in [0.1, 0.15) is 0 Å².